The van der Waals surface area contributed by atoms with E-state index in [1.165, 1.54) is 6.08 Å². The number of amides is 1. The lowest BCUT2D eigenvalue weighted by Gasteiger charge is -2.22. The first-order valence-corrected chi connectivity index (χ1v) is 10.4. The van der Waals surface area contributed by atoms with E-state index in [1.54, 1.807) is 18.2 Å². The second-order valence-corrected chi connectivity index (χ2v) is 8.59. The molecule has 0 saturated carbocycles. The van der Waals surface area contributed by atoms with Crippen molar-refractivity contribution in [3.8, 4) is 11.3 Å². The maximum atomic E-state index is 12.7. The predicted molar refractivity (Wildman–Crippen MR) is 117 cm³/mol. The van der Waals surface area contributed by atoms with E-state index in [2.05, 4.69) is 0 Å². The van der Waals surface area contributed by atoms with E-state index in [0.717, 1.165) is 27.8 Å². The molecule has 0 bridgehead atoms. The zero-order valence-electron chi connectivity index (χ0n) is 15.6. The Balaban J connectivity index is 1.83. The van der Waals surface area contributed by atoms with Crippen LogP contribution in [-0.2, 0) is 14.4 Å². The van der Waals surface area contributed by atoms with E-state index >= 15 is 0 Å². The topological polar surface area (TPSA) is 108 Å². The molecule has 0 spiro atoms. The number of benzene rings is 1. The molecular formula is C20H16ClNO6S2. The lowest BCUT2D eigenvalue weighted by atomic mass is 10.1. The van der Waals surface area contributed by atoms with Crippen molar-refractivity contribution in [2.75, 3.05) is 0 Å². The number of aliphatic carboxylic acids is 2. The number of carboxylic acid groups (broad SMARTS) is 2. The second-order valence-electron chi connectivity index (χ2n) is 6.50. The van der Waals surface area contributed by atoms with Gasteiger partial charge >= 0.3 is 11.9 Å². The number of rotatable bonds is 7. The quantitative estimate of drug-likeness (QED) is 0.456. The number of carbonyl (C=O) groups excluding carboxylic acids is 1. The Morgan fingerprint density at radius 3 is 2.67 bits per heavy atom. The number of nitrogens with zero attached hydrogens (tertiary/aromatic N) is 1. The molecule has 2 aromatic rings. The summed E-state index contributed by atoms with van der Waals surface area (Å²) in [7, 11) is 0. The Morgan fingerprint density at radius 2 is 2.03 bits per heavy atom. The fourth-order valence-electron chi connectivity index (χ4n) is 2.83. The molecule has 3 rings (SSSR count). The minimum atomic E-state index is -1.35. The maximum absolute atomic E-state index is 12.7. The van der Waals surface area contributed by atoms with Gasteiger partial charge in [-0.15, -0.1) is 0 Å². The van der Waals surface area contributed by atoms with Gasteiger partial charge in [0.1, 0.15) is 21.9 Å². The van der Waals surface area contributed by atoms with Gasteiger partial charge in [-0.2, -0.15) is 0 Å². The van der Waals surface area contributed by atoms with Crippen LogP contribution in [0.1, 0.15) is 24.2 Å². The Bertz CT molecular complexity index is 1080. The van der Waals surface area contributed by atoms with Crippen LogP contribution >= 0.6 is 35.6 Å². The first-order valence-electron chi connectivity index (χ1n) is 8.75. The van der Waals surface area contributed by atoms with Gasteiger partial charge in [-0.05, 0) is 37.1 Å². The van der Waals surface area contributed by atoms with Crippen molar-refractivity contribution in [1.82, 2.24) is 4.90 Å². The van der Waals surface area contributed by atoms with Crippen LogP contribution in [0.4, 0.5) is 0 Å². The summed E-state index contributed by atoms with van der Waals surface area (Å²) < 4.78 is 5.83. The predicted octanol–water partition coefficient (Wildman–Crippen LogP) is 4.43. The summed E-state index contributed by atoms with van der Waals surface area (Å²) in [6, 6.07) is 7.58. The number of aryl methyl sites for hydroxylation is 1. The fourth-order valence-corrected chi connectivity index (χ4v) is 4.35. The van der Waals surface area contributed by atoms with Gasteiger partial charge in [0, 0.05) is 23.1 Å². The third-order valence-corrected chi connectivity index (χ3v) is 6.15. The summed E-state index contributed by atoms with van der Waals surface area (Å²) in [6.07, 6.45) is 0.839. The van der Waals surface area contributed by atoms with Crippen LogP contribution in [0.25, 0.3) is 17.4 Å². The molecule has 0 aliphatic carbocycles. The minimum Gasteiger partial charge on any atom is -0.481 e. The zero-order chi connectivity index (χ0) is 22.0. The molecule has 1 unspecified atom stereocenters. The highest BCUT2D eigenvalue weighted by Gasteiger charge is 2.40. The molecule has 30 heavy (non-hydrogen) atoms. The van der Waals surface area contributed by atoms with E-state index in [-0.39, 0.29) is 15.6 Å². The monoisotopic (exact) mass is 465 g/mol. The van der Waals surface area contributed by atoms with Crippen molar-refractivity contribution in [3.05, 3.63) is 51.6 Å². The number of carboxylic acids is 2. The standard InChI is InChI=1S/C20H16ClNO6S2/c1-10-2-3-11(8-13(10)21)15-6-4-12(28-15)9-16-18(25)22(20(29)30-16)14(19(26)27)5-7-17(23)24/h2-4,6,8-9,14H,5,7H2,1H3,(H,23,24)(H,26,27)/b16-9-. The molecule has 1 fully saturated rings. The highest BCUT2D eigenvalue weighted by Crippen LogP contribution is 2.36. The van der Waals surface area contributed by atoms with Gasteiger partial charge in [-0.3, -0.25) is 14.5 Å². The lowest BCUT2D eigenvalue weighted by molar-refractivity contribution is -0.146. The Kier molecular flexibility index (Phi) is 6.64. The van der Waals surface area contributed by atoms with E-state index in [4.69, 9.17) is 33.3 Å². The SMILES string of the molecule is Cc1ccc(-c2ccc(/C=C3\SC(=S)N(C(CCC(=O)O)C(=O)O)C3=O)o2)cc1Cl. The molecule has 1 aliphatic heterocycles. The van der Waals surface area contributed by atoms with Crippen molar-refractivity contribution in [1.29, 1.82) is 0 Å². The highest BCUT2D eigenvalue weighted by molar-refractivity contribution is 8.26. The van der Waals surface area contributed by atoms with Gasteiger partial charge in [0.25, 0.3) is 5.91 Å². The zero-order valence-corrected chi connectivity index (χ0v) is 18.0. The van der Waals surface area contributed by atoms with Crippen LogP contribution in [0.3, 0.4) is 0 Å². The van der Waals surface area contributed by atoms with Crippen LogP contribution in [0.15, 0.2) is 39.7 Å². The molecule has 7 nitrogen and oxygen atoms in total. The summed E-state index contributed by atoms with van der Waals surface area (Å²) >= 11 is 12.3. The molecule has 1 saturated heterocycles. The van der Waals surface area contributed by atoms with Crippen LogP contribution in [-0.4, -0.2) is 43.3 Å². The van der Waals surface area contributed by atoms with Crippen molar-refractivity contribution in [2.24, 2.45) is 0 Å². The van der Waals surface area contributed by atoms with Crippen LogP contribution in [0.5, 0.6) is 0 Å². The Morgan fingerprint density at radius 1 is 1.30 bits per heavy atom. The first-order chi connectivity index (χ1) is 14.2. The first kappa shape index (κ1) is 22.1. The molecule has 1 aromatic carbocycles. The molecule has 2 heterocycles. The smallest absolute Gasteiger partial charge is 0.326 e. The number of thioether (sulfide) groups is 1. The summed E-state index contributed by atoms with van der Waals surface area (Å²) in [4.78, 5) is 36.3. The average Bonchev–Trinajstić information content (AvgIpc) is 3.24. The number of carbonyl (C=O) groups is 3. The minimum absolute atomic E-state index is 0.0566. The van der Waals surface area contributed by atoms with Crippen LogP contribution in [0, 0.1) is 6.92 Å². The normalized spacial score (nSPS) is 16.3. The molecule has 1 aromatic heterocycles. The second kappa shape index (κ2) is 9.03. The molecule has 156 valence electrons. The van der Waals surface area contributed by atoms with E-state index in [0.29, 0.717) is 16.5 Å². The number of halogens is 1. The highest BCUT2D eigenvalue weighted by atomic mass is 35.5. The van der Waals surface area contributed by atoms with Gasteiger partial charge < -0.3 is 14.6 Å². The van der Waals surface area contributed by atoms with Gasteiger partial charge in [0.15, 0.2) is 0 Å². The third-order valence-electron chi connectivity index (χ3n) is 4.41. The van der Waals surface area contributed by atoms with Crippen molar-refractivity contribution >= 4 is 63.8 Å². The van der Waals surface area contributed by atoms with E-state index in [9.17, 15) is 19.5 Å². The van der Waals surface area contributed by atoms with Gasteiger partial charge in [-0.25, -0.2) is 4.79 Å². The van der Waals surface area contributed by atoms with Gasteiger partial charge in [0.2, 0.25) is 0 Å². The van der Waals surface area contributed by atoms with Crippen LogP contribution < -0.4 is 0 Å². The molecule has 10 heteroatoms. The molecule has 0 radical (unpaired) electrons. The van der Waals surface area contributed by atoms with Crippen molar-refractivity contribution < 1.29 is 29.0 Å². The third kappa shape index (κ3) is 4.75. The number of hydrogen-bond donors (Lipinski definition) is 2. The molecule has 1 atom stereocenters. The van der Waals surface area contributed by atoms with Crippen LogP contribution in [0.2, 0.25) is 5.02 Å². The summed E-state index contributed by atoms with van der Waals surface area (Å²) in [5.74, 6) is -2.12. The largest absolute Gasteiger partial charge is 0.481 e. The average molecular weight is 466 g/mol. The number of thiocarbonyl (C=S) groups is 1. The fraction of sp³-hybridized carbons (Fsp3) is 0.200. The Labute approximate surface area is 186 Å². The molecular weight excluding hydrogens is 450 g/mol. The summed E-state index contributed by atoms with van der Waals surface area (Å²) in [6.45, 7) is 1.89. The van der Waals surface area contributed by atoms with Gasteiger partial charge in [0.05, 0.1) is 4.91 Å². The van der Waals surface area contributed by atoms with Gasteiger partial charge in [-0.1, -0.05) is 47.7 Å². The summed E-state index contributed by atoms with van der Waals surface area (Å²) in [5, 5.41) is 18.9. The molecule has 1 aliphatic rings. The van der Waals surface area contributed by atoms with Crippen molar-refractivity contribution in [2.45, 2.75) is 25.8 Å². The number of furan rings is 1. The molecule has 1 amide bonds. The van der Waals surface area contributed by atoms with Crippen molar-refractivity contribution in [3.63, 3.8) is 0 Å². The molecule has 2 N–H and O–H groups in total. The summed E-state index contributed by atoms with van der Waals surface area (Å²) in [5.41, 5.74) is 1.71. The van der Waals surface area contributed by atoms with E-state index < -0.39 is 30.3 Å². The lowest BCUT2D eigenvalue weighted by Crippen LogP contribution is -2.44. The van der Waals surface area contributed by atoms with E-state index in [1.807, 2.05) is 19.1 Å². The Hall–Kier alpha value is -2.62. The maximum Gasteiger partial charge on any atom is 0.326 e. The number of hydrogen-bond acceptors (Lipinski definition) is 6.